The standard InChI is InChI=1S/C21H7B13N2O/c22-17(20(29,30)31,21(32,33)34)8-5-6-35-12(7-8)9-1-3-11(18(23,24)25)14-10-2-4-13(19(26,27)28)36-16(10)37-15(9)14/h1-7H. The largest absolute Gasteiger partial charge is 0.437 e. The van der Waals surface area contributed by atoms with Crippen LogP contribution in [0.15, 0.2) is 47.0 Å². The van der Waals surface area contributed by atoms with Gasteiger partial charge in [0.25, 0.3) is 0 Å². The van der Waals surface area contributed by atoms with Crippen LogP contribution in [0.1, 0.15) is 16.8 Å². The zero-order valence-electron chi connectivity index (χ0n) is 19.8. The number of hydrogen-bond donors (Lipinski definition) is 0. The molecule has 0 aliphatic carbocycles. The number of fused-ring (bicyclic) bond motifs is 3. The van der Waals surface area contributed by atoms with E-state index in [1.165, 1.54) is 18.3 Å². The Balaban J connectivity index is 2.04. The molecule has 0 aliphatic rings. The third-order valence-corrected chi connectivity index (χ3v) is 6.25. The molecule has 4 rings (SSSR count). The molecule has 3 heterocycles. The van der Waals surface area contributed by atoms with Crippen molar-refractivity contribution >= 4 is 124 Å². The normalized spacial score (nSPS) is 13.7. The summed E-state index contributed by atoms with van der Waals surface area (Å²) < 4.78 is 6.11. The summed E-state index contributed by atoms with van der Waals surface area (Å²) in [7, 11) is 77.7. The fourth-order valence-corrected chi connectivity index (χ4v) is 4.26. The second-order valence-electron chi connectivity index (χ2n) is 9.49. The molecular formula is C21H7B13N2O. The van der Waals surface area contributed by atoms with Crippen molar-refractivity contribution in [3.05, 3.63) is 59.4 Å². The van der Waals surface area contributed by atoms with Crippen LogP contribution in [0, 0.1) is 0 Å². The van der Waals surface area contributed by atoms with Crippen LogP contribution in [0.25, 0.3) is 33.3 Å². The topological polar surface area (TPSA) is 38.9 Å². The van der Waals surface area contributed by atoms with E-state index in [9.17, 15) is 0 Å². The van der Waals surface area contributed by atoms with Crippen molar-refractivity contribution in [1.29, 1.82) is 0 Å². The van der Waals surface area contributed by atoms with Gasteiger partial charge in [0.15, 0.2) is 0 Å². The summed E-state index contributed by atoms with van der Waals surface area (Å²) in [6, 6.07) is 9.49. The van der Waals surface area contributed by atoms with Gasteiger partial charge in [0.05, 0.1) is 108 Å². The predicted molar refractivity (Wildman–Crippen MR) is 160 cm³/mol. The van der Waals surface area contributed by atoms with Crippen LogP contribution in [0.4, 0.5) is 0 Å². The highest BCUT2D eigenvalue weighted by Gasteiger charge is 2.44. The van der Waals surface area contributed by atoms with E-state index in [1.54, 1.807) is 24.3 Å². The summed E-state index contributed by atoms with van der Waals surface area (Å²) in [5.74, 6) is 0. The van der Waals surface area contributed by atoms with E-state index in [-0.39, 0.29) is 22.6 Å². The molecule has 0 atom stereocenters. The minimum atomic E-state index is -2.12. The molecule has 37 heavy (non-hydrogen) atoms. The molecule has 0 spiro atoms. The summed E-state index contributed by atoms with van der Waals surface area (Å²) in [6.45, 7) is 0. The molecule has 0 bridgehead atoms. The van der Waals surface area contributed by atoms with E-state index in [4.69, 9.17) is 106 Å². The Bertz CT molecular complexity index is 1480. The van der Waals surface area contributed by atoms with Crippen LogP contribution in [0.2, 0.25) is 10.2 Å². The number of nitrogens with zero attached hydrogens (tertiary/aromatic N) is 2. The molecule has 0 unspecified atom stereocenters. The maximum absolute atomic E-state index is 6.44. The first-order valence-corrected chi connectivity index (χ1v) is 10.9. The molecule has 26 radical (unpaired) electrons. The van der Waals surface area contributed by atoms with Crippen molar-refractivity contribution in [3.63, 3.8) is 0 Å². The predicted octanol–water partition coefficient (Wildman–Crippen LogP) is -1.20. The highest BCUT2D eigenvalue weighted by Crippen LogP contribution is 2.50. The van der Waals surface area contributed by atoms with Gasteiger partial charge in [0.2, 0.25) is 5.71 Å². The van der Waals surface area contributed by atoms with E-state index in [1.807, 2.05) is 0 Å². The van der Waals surface area contributed by atoms with Gasteiger partial charge in [-0.1, -0.05) is 22.1 Å². The van der Waals surface area contributed by atoms with Gasteiger partial charge in [-0.3, -0.25) is 4.98 Å². The number of aromatic nitrogens is 2. The van der Waals surface area contributed by atoms with Crippen molar-refractivity contribution in [2.45, 2.75) is 25.8 Å². The molecule has 3 aromatic heterocycles. The van der Waals surface area contributed by atoms with E-state index in [0.29, 0.717) is 27.6 Å². The van der Waals surface area contributed by atoms with Crippen LogP contribution < -0.4 is 0 Å². The molecule has 0 fully saturated rings. The van der Waals surface area contributed by atoms with E-state index in [2.05, 4.69) is 9.97 Å². The Kier molecular flexibility index (Phi) is 6.74. The van der Waals surface area contributed by atoms with Crippen LogP contribution in [-0.4, -0.2) is 112 Å². The van der Waals surface area contributed by atoms with E-state index < -0.39 is 25.8 Å². The van der Waals surface area contributed by atoms with Crippen molar-refractivity contribution in [2.75, 3.05) is 0 Å². The van der Waals surface area contributed by atoms with E-state index in [0.717, 1.165) is 0 Å². The first kappa shape index (κ1) is 28.2. The zero-order chi connectivity index (χ0) is 27.8. The third kappa shape index (κ3) is 4.76. The van der Waals surface area contributed by atoms with Gasteiger partial charge < -0.3 is 4.42 Å². The molecule has 16 heteroatoms. The van der Waals surface area contributed by atoms with Crippen molar-refractivity contribution in [3.8, 4) is 11.3 Å². The molecule has 0 N–H and O–H groups in total. The zero-order valence-corrected chi connectivity index (χ0v) is 19.8. The lowest BCUT2D eigenvalue weighted by atomic mass is 9.14. The lowest BCUT2D eigenvalue weighted by Crippen LogP contribution is -2.53. The fraction of sp³-hybridized carbons (Fsp3) is 0.238. The minimum Gasteiger partial charge on any atom is -0.437 e. The summed E-state index contributed by atoms with van der Waals surface area (Å²) in [4.78, 5) is 8.78. The number of rotatable bonds is 6. The molecule has 0 amide bonds. The van der Waals surface area contributed by atoms with Gasteiger partial charge >= 0.3 is 0 Å². The highest BCUT2D eigenvalue weighted by molar-refractivity contribution is 6.69. The molecule has 4 aromatic rings. The first-order valence-electron chi connectivity index (χ1n) is 10.9. The Morgan fingerprint density at radius 3 is 1.84 bits per heavy atom. The van der Waals surface area contributed by atoms with Gasteiger partial charge in [-0.25, -0.2) is 4.98 Å². The van der Waals surface area contributed by atoms with Gasteiger partial charge in [0, 0.05) is 28.2 Å². The Morgan fingerprint density at radius 1 is 0.676 bits per heavy atom. The number of furan rings is 1. The smallest absolute Gasteiger partial charge is 0.227 e. The molecule has 3 nitrogen and oxygen atoms in total. The van der Waals surface area contributed by atoms with Crippen molar-refractivity contribution < 1.29 is 4.42 Å². The van der Waals surface area contributed by atoms with Crippen LogP contribution >= 0.6 is 0 Å². The van der Waals surface area contributed by atoms with Gasteiger partial charge in [-0.2, -0.15) is 0 Å². The molecule has 0 saturated carbocycles. The lowest BCUT2D eigenvalue weighted by Gasteiger charge is -2.55. The fourth-order valence-electron chi connectivity index (χ4n) is 4.26. The Labute approximate surface area is 234 Å². The SMILES string of the molecule is [B]C([B])([B])c1ccc2c(n1)oc1c(-c3cc(C([B])(C([B])([B])[B])C([B])([B])[B])ccn3)ccc(C([B])([B])[B])c12. The van der Waals surface area contributed by atoms with Crippen LogP contribution in [0.3, 0.4) is 0 Å². The lowest BCUT2D eigenvalue weighted by molar-refractivity contribution is 0.616. The highest BCUT2D eigenvalue weighted by atomic mass is 16.3. The maximum atomic E-state index is 6.44. The number of pyridine rings is 2. The van der Waals surface area contributed by atoms with Gasteiger partial charge in [-0.05, 0) is 35.9 Å². The summed E-state index contributed by atoms with van der Waals surface area (Å²) in [5, 5.41) is -8.71. The average Bonchev–Trinajstić information content (AvgIpc) is 3.13. The first-order chi connectivity index (χ1) is 16.8. The second kappa shape index (κ2) is 8.85. The summed E-state index contributed by atoms with van der Waals surface area (Å²) in [6.07, 6.45) is 1.42. The van der Waals surface area contributed by atoms with Crippen LogP contribution in [0.5, 0.6) is 0 Å². The van der Waals surface area contributed by atoms with Gasteiger partial charge in [0.1, 0.15) is 5.58 Å². The molecule has 0 saturated heterocycles. The molecule has 0 aliphatic heterocycles. The Hall–Kier alpha value is -1.84. The van der Waals surface area contributed by atoms with Crippen molar-refractivity contribution in [2.24, 2.45) is 0 Å². The second-order valence-corrected chi connectivity index (χ2v) is 9.49. The average molecular weight is 444 g/mol. The van der Waals surface area contributed by atoms with Crippen molar-refractivity contribution in [1.82, 2.24) is 9.97 Å². The number of benzene rings is 1. The quantitative estimate of drug-likeness (QED) is 0.351. The van der Waals surface area contributed by atoms with E-state index >= 15 is 0 Å². The number of hydrogen-bond acceptors (Lipinski definition) is 3. The monoisotopic (exact) mass is 446 g/mol. The van der Waals surface area contributed by atoms with Crippen LogP contribution in [-0.2, 0) is 15.5 Å². The Morgan fingerprint density at radius 2 is 1.30 bits per heavy atom. The minimum absolute atomic E-state index is 0.148. The molecule has 1 aromatic carbocycles. The maximum Gasteiger partial charge on any atom is 0.227 e. The van der Waals surface area contributed by atoms with Gasteiger partial charge in [-0.15, -0.1) is 15.3 Å². The summed E-state index contributed by atoms with van der Waals surface area (Å²) in [5.41, 5.74) is 1.96. The molecular weight excluding hydrogens is 437 g/mol. The third-order valence-electron chi connectivity index (χ3n) is 6.25. The summed E-state index contributed by atoms with van der Waals surface area (Å²) >= 11 is 0. The molecule has 146 valence electrons.